The third kappa shape index (κ3) is 4.60. The van der Waals surface area contributed by atoms with Gasteiger partial charge in [-0.25, -0.2) is 0 Å². The predicted molar refractivity (Wildman–Crippen MR) is 111 cm³/mol. The number of carbonyl (C=O) groups excluding carboxylic acids is 2. The highest BCUT2D eigenvalue weighted by molar-refractivity contribution is 8.18. The summed E-state index contributed by atoms with van der Waals surface area (Å²) >= 11 is 6.80. The van der Waals surface area contributed by atoms with E-state index in [0.717, 1.165) is 16.7 Å². The lowest BCUT2D eigenvalue weighted by Gasteiger charge is -2.14. The van der Waals surface area contributed by atoms with Crippen molar-refractivity contribution in [2.75, 3.05) is 27.4 Å². The Morgan fingerprint density at radius 2 is 1.79 bits per heavy atom. The van der Waals surface area contributed by atoms with Crippen molar-refractivity contribution in [2.45, 2.75) is 0 Å². The zero-order chi connectivity index (χ0) is 21.0. The molecule has 1 fully saturated rings. The van der Waals surface area contributed by atoms with E-state index < -0.39 is 11.1 Å². The van der Waals surface area contributed by atoms with E-state index in [0.29, 0.717) is 16.5 Å². The highest BCUT2D eigenvalue weighted by atomic mass is 35.5. The molecule has 29 heavy (non-hydrogen) atoms. The second-order valence-electron chi connectivity index (χ2n) is 5.88. The van der Waals surface area contributed by atoms with E-state index in [4.69, 9.17) is 25.8 Å². The van der Waals surface area contributed by atoms with Crippen LogP contribution in [0.4, 0.5) is 4.79 Å². The maximum atomic E-state index is 12.6. The Kier molecular flexibility index (Phi) is 6.56. The van der Waals surface area contributed by atoms with Crippen molar-refractivity contribution < 1.29 is 28.9 Å². The first-order chi connectivity index (χ1) is 13.9. The van der Waals surface area contributed by atoms with Crippen molar-refractivity contribution in [1.82, 2.24) is 4.90 Å². The number of methoxy groups -OCH3 is 2. The number of hydrogen-bond donors (Lipinski definition) is 1. The first-order valence-electron chi connectivity index (χ1n) is 8.52. The van der Waals surface area contributed by atoms with Gasteiger partial charge >= 0.3 is 0 Å². The Labute approximate surface area is 176 Å². The number of para-hydroxylation sites is 2. The molecule has 0 radical (unpaired) electrons. The number of carbonyl (C=O) groups is 2. The third-order valence-electron chi connectivity index (χ3n) is 4.09. The smallest absolute Gasteiger partial charge is 0.293 e. The van der Waals surface area contributed by atoms with Crippen LogP contribution in [0, 0.1) is 0 Å². The van der Waals surface area contributed by atoms with Crippen molar-refractivity contribution in [1.29, 1.82) is 0 Å². The Hall–Kier alpha value is -2.84. The number of amides is 2. The molecule has 0 bridgehead atoms. The lowest BCUT2D eigenvalue weighted by molar-refractivity contribution is -0.123. The SMILES string of the molecule is COc1ccccc1OCCN1C(=O)S/C(=C\c2cc(Cl)cc(OC)c2O)C1=O. The summed E-state index contributed by atoms with van der Waals surface area (Å²) in [6.45, 7) is 0.187. The van der Waals surface area contributed by atoms with Crippen molar-refractivity contribution in [3.8, 4) is 23.0 Å². The molecule has 2 aromatic rings. The zero-order valence-corrected chi connectivity index (χ0v) is 17.2. The molecule has 0 aliphatic carbocycles. The molecule has 0 aromatic heterocycles. The zero-order valence-electron chi connectivity index (χ0n) is 15.7. The van der Waals surface area contributed by atoms with Gasteiger partial charge in [-0.05, 0) is 36.0 Å². The number of thioether (sulfide) groups is 1. The summed E-state index contributed by atoms with van der Waals surface area (Å²) in [6.07, 6.45) is 1.41. The largest absolute Gasteiger partial charge is 0.504 e. The maximum absolute atomic E-state index is 12.6. The molecule has 2 amide bonds. The molecule has 0 spiro atoms. The van der Waals surface area contributed by atoms with Gasteiger partial charge in [0, 0.05) is 16.7 Å². The molecule has 1 aliphatic heterocycles. The number of nitrogens with zero attached hydrogens (tertiary/aromatic N) is 1. The summed E-state index contributed by atoms with van der Waals surface area (Å²) in [7, 11) is 2.93. The van der Waals surface area contributed by atoms with Crippen LogP contribution in [-0.4, -0.2) is 48.5 Å². The van der Waals surface area contributed by atoms with Gasteiger partial charge in [-0.1, -0.05) is 23.7 Å². The number of rotatable bonds is 7. The van der Waals surface area contributed by atoms with Gasteiger partial charge in [0.2, 0.25) is 0 Å². The van der Waals surface area contributed by atoms with E-state index in [1.54, 1.807) is 18.2 Å². The molecule has 7 nitrogen and oxygen atoms in total. The van der Waals surface area contributed by atoms with Gasteiger partial charge in [0.25, 0.3) is 11.1 Å². The van der Waals surface area contributed by atoms with Crippen LogP contribution < -0.4 is 14.2 Å². The molecule has 2 aromatic carbocycles. The topological polar surface area (TPSA) is 85.3 Å². The fourth-order valence-electron chi connectivity index (χ4n) is 2.68. The molecule has 1 saturated heterocycles. The molecule has 1 N–H and O–H groups in total. The van der Waals surface area contributed by atoms with Gasteiger partial charge in [-0.15, -0.1) is 0 Å². The van der Waals surface area contributed by atoms with E-state index in [-0.39, 0.29) is 35.1 Å². The minimum atomic E-state index is -0.470. The van der Waals surface area contributed by atoms with E-state index in [1.807, 2.05) is 6.07 Å². The number of hydrogen-bond acceptors (Lipinski definition) is 7. The van der Waals surface area contributed by atoms with Crippen LogP contribution in [-0.2, 0) is 4.79 Å². The summed E-state index contributed by atoms with van der Waals surface area (Å²) in [5.74, 6) is 0.624. The highest BCUT2D eigenvalue weighted by Gasteiger charge is 2.35. The Bertz CT molecular complexity index is 977. The molecule has 1 aliphatic rings. The van der Waals surface area contributed by atoms with Crippen molar-refractivity contribution in [3.05, 3.63) is 51.9 Å². The third-order valence-corrected chi connectivity index (χ3v) is 5.22. The number of ether oxygens (including phenoxy) is 3. The number of benzene rings is 2. The van der Waals surface area contributed by atoms with Gasteiger partial charge in [-0.3, -0.25) is 14.5 Å². The quantitative estimate of drug-likeness (QED) is 0.653. The predicted octanol–water partition coefficient (Wildman–Crippen LogP) is 4.18. The van der Waals surface area contributed by atoms with Gasteiger partial charge in [0.1, 0.15) is 6.61 Å². The average molecular weight is 436 g/mol. The number of halogens is 1. The average Bonchev–Trinajstić information content (AvgIpc) is 2.98. The van der Waals surface area contributed by atoms with E-state index >= 15 is 0 Å². The fraction of sp³-hybridized carbons (Fsp3) is 0.200. The number of aromatic hydroxyl groups is 1. The van der Waals surface area contributed by atoms with E-state index in [1.165, 1.54) is 32.4 Å². The second kappa shape index (κ2) is 9.11. The molecule has 152 valence electrons. The first kappa shape index (κ1) is 20.9. The number of phenolic OH excluding ortho intramolecular Hbond substituents is 1. The molecule has 3 rings (SSSR count). The lowest BCUT2D eigenvalue weighted by atomic mass is 10.1. The molecule has 0 atom stereocenters. The van der Waals surface area contributed by atoms with Gasteiger partial charge in [0.15, 0.2) is 23.0 Å². The van der Waals surface area contributed by atoms with Crippen LogP contribution >= 0.6 is 23.4 Å². The highest BCUT2D eigenvalue weighted by Crippen LogP contribution is 2.38. The van der Waals surface area contributed by atoms with Crippen LogP contribution in [0.3, 0.4) is 0 Å². The van der Waals surface area contributed by atoms with Crippen molar-refractivity contribution in [3.63, 3.8) is 0 Å². The summed E-state index contributed by atoms with van der Waals surface area (Å²) < 4.78 is 15.9. The molecular formula is C20H18ClNO6S. The van der Waals surface area contributed by atoms with Crippen LogP contribution in [0.25, 0.3) is 6.08 Å². The van der Waals surface area contributed by atoms with E-state index in [2.05, 4.69) is 0 Å². The summed E-state index contributed by atoms with van der Waals surface area (Å²) in [5.41, 5.74) is 0.283. The van der Waals surface area contributed by atoms with Crippen molar-refractivity contribution >= 4 is 40.6 Å². The summed E-state index contributed by atoms with van der Waals surface area (Å²) in [6, 6.07) is 10.0. The van der Waals surface area contributed by atoms with Crippen LogP contribution in [0.2, 0.25) is 5.02 Å². The van der Waals surface area contributed by atoms with Crippen molar-refractivity contribution in [2.24, 2.45) is 0 Å². The normalized spacial score (nSPS) is 15.1. The van der Waals surface area contributed by atoms with Crippen LogP contribution in [0.1, 0.15) is 5.56 Å². The lowest BCUT2D eigenvalue weighted by Crippen LogP contribution is -2.32. The second-order valence-corrected chi connectivity index (χ2v) is 7.31. The Balaban J connectivity index is 1.71. The molecular weight excluding hydrogens is 418 g/mol. The number of phenols is 1. The summed E-state index contributed by atoms with van der Waals surface area (Å²) in [4.78, 5) is 26.1. The van der Waals surface area contributed by atoms with Crippen LogP contribution in [0.5, 0.6) is 23.0 Å². The summed E-state index contributed by atoms with van der Waals surface area (Å²) in [5, 5.41) is 10.1. The van der Waals surface area contributed by atoms with Gasteiger partial charge < -0.3 is 19.3 Å². The Morgan fingerprint density at radius 3 is 2.48 bits per heavy atom. The molecule has 0 saturated carbocycles. The minimum Gasteiger partial charge on any atom is -0.504 e. The Morgan fingerprint density at radius 1 is 1.10 bits per heavy atom. The van der Waals surface area contributed by atoms with Gasteiger partial charge in [0.05, 0.1) is 25.7 Å². The molecule has 9 heteroatoms. The van der Waals surface area contributed by atoms with E-state index in [9.17, 15) is 14.7 Å². The standard InChI is InChI=1S/C20H18ClNO6S/c1-26-14-5-3-4-6-15(14)28-8-7-22-19(24)17(29-20(22)25)10-12-9-13(21)11-16(27-2)18(12)23/h3-6,9-11,23H,7-8H2,1-2H3/b17-10-. The van der Waals surface area contributed by atoms with Crippen LogP contribution in [0.15, 0.2) is 41.3 Å². The monoisotopic (exact) mass is 435 g/mol. The molecule has 1 heterocycles. The number of imide groups is 1. The first-order valence-corrected chi connectivity index (χ1v) is 9.71. The fourth-order valence-corrected chi connectivity index (χ4v) is 3.75. The van der Waals surface area contributed by atoms with Gasteiger partial charge in [-0.2, -0.15) is 0 Å². The molecule has 0 unspecified atom stereocenters. The maximum Gasteiger partial charge on any atom is 0.293 e. The minimum absolute atomic E-state index is 0.0743.